The van der Waals surface area contributed by atoms with Gasteiger partial charge in [-0.2, -0.15) is 0 Å². The molecule has 1 N–H and O–H groups in total. The van der Waals surface area contributed by atoms with Gasteiger partial charge in [0.05, 0.1) is 0 Å². The average Bonchev–Trinajstić information content (AvgIpc) is 2.67. The van der Waals surface area contributed by atoms with E-state index in [-0.39, 0.29) is 5.54 Å². The Kier molecular flexibility index (Phi) is 3.85. The number of carbonyl (C=O) groups is 1. The third-order valence-corrected chi connectivity index (χ3v) is 3.93. The van der Waals surface area contributed by atoms with Gasteiger partial charge in [-0.05, 0) is 50.5 Å². The number of anilines is 1. The van der Waals surface area contributed by atoms with Gasteiger partial charge >= 0.3 is 5.97 Å². The SMILES string of the molecule is CC1(C)CCCN1c1ccc(/C=C/C(=O)O)c(Cl)c1. The zero-order valence-electron chi connectivity index (χ0n) is 11.2. The summed E-state index contributed by atoms with van der Waals surface area (Å²) in [6, 6.07) is 5.78. The lowest BCUT2D eigenvalue weighted by Crippen LogP contribution is -2.38. The molecule has 1 aliphatic rings. The van der Waals surface area contributed by atoms with Crippen LogP contribution in [0.3, 0.4) is 0 Å². The third-order valence-electron chi connectivity index (χ3n) is 3.60. The monoisotopic (exact) mass is 279 g/mol. The van der Waals surface area contributed by atoms with E-state index in [0.29, 0.717) is 5.02 Å². The molecular weight excluding hydrogens is 262 g/mol. The Morgan fingerprint density at radius 2 is 2.21 bits per heavy atom. The minimum Gasteiger partial charge on any atom is -0.478 e. The van der Waals surface area contributed by atoms with Crippen LogP contribution in [0.2, 0.25) is 5.02 Å². The second-order valence-electron chi connectivity index (χ2n) is 5.45. The highest BCUT2D eigenvalue weighted by Gasteiger charge is 2.31. The van der Waals surface area contributed by atoms with Crippen molar-refractivity contribution in [2.75, 3.05) is 11.4 Å². The van der Waals surface area contributed by atoms with E-state index < -0.39 is 5.97 Å². The number of hydrogen-bond acceptors (Lipinski definition) is 2. The molecule has 3 nitrogen and oxygen atoms in total. The Bertz CT molecular complexity index is 523. The number of nitrogens with zero attached hydrogens (tertiary/aromatic N) is 1. The summed E-state index contributed by atoms with van der Waals surface area (Å²) in [6.45, 7) is 5.49. The summed E-state index contributed by atoms with van der Waals surface area (Å²) >= 11 is 6.21. The summed E-state index contributed by atoms with van der Waals surface area (Å²) in [5, 5.41) is 9.20. The third kappa shape index (κ3) is 3.10. The molecule has 0 radical (unpaired) electrons. The largest absolute Gasteiger partial charge is 0.478 e. The van der Waals surface area contributed by atoms with Gasteiger partial charge in [0.1, 0.15) is 0 Å². The molecule has 1 fully saturated rings. The average molecular weight is 280 g/mol. The Hall–Kier alpha value is -1.48. The Morgan fingerprint density at radius 1 is 1.47 bits per heavy atom. The van der Waals surface area contributed by atoms with E-state index in [1.165, 1.54) is 18.9 Å². The van der Waals surface area contributed by atoms with E-state index in [9.17, 15) is 4.79 Å². The van der Waals surface area contributed by atoms with Crippen molar-refractivity contribution >= 4 is 29.3 Å². The molecule has 0 amide bonds. The van der Waals surface area contributed by atoms with Crippen LogP contribution in [-0.4, -0.2) is 23.2 Å². The van der Waals surface area contributed by atoms with Crippen molar-refractivity contribution in [2.24, 2.45) is 0 Å². The van der Waals surface area contributed by atoms with Gasteiger partial charge in [-0.1, -0.05) is 17.7 Å². The number of aliphatic carboxylic acids is 1. The lowest BCUT2D eigenvalue weighted by Gasteiger charge is -2.34. The highest BCUT2D eigenvalue weighted by atomic mass is 35.5. The minimum atomic E-state index is -0.971. The predicted octanol–water partition coefficient (Wildman–Crippen LogP) is 3.82. The maximum Gasteiger partial charge on any atom is 0.328 e. The van der Waals surface area contributed by atoms with Crippen LogP contribution in [0.15, 0.2) is 24.3 Å². The van der Waals surface area contributed by atoms with Gasteiger partial charge in [0.15, 0.2) is 0 Å². The second kappa shape index (κ2) is 5.25. The first-order chi connectivity index (χ1) is 8.90. The van der Waals surface area contributed by atoms with Crippen molar-refractivity contribution in [3.63, 3.8) is 0 Å². The molecule has 1 saturated heterocycles. The van der Waals surface area contributed by atoms with Crippen molar-refractivity contribution in [2.45, 2.75) is 32.2 Å². The number of rotatable bonds is 3. The first-order valence-corrected chi connectivity index (χ1v) is 6.76. The quantitative estimate of drug-likeness (QED) is 0.855. The molecule has 0 bridgehead atoms. The normalized spacial score (nSPS) is 18.2. The van der Waals surface area contributed by atoms with Crippen LogP contribution in [0.1, 0.15) is 32.3 Å². The fourth-order valence-electron chi connectivity index (χ4n) is 2.57. The van der Waals surface area contributed by atoms with Crippen LogP contribution >= 0.6 is 11.6 Å². The first-order valence-electron chi connectivity index (χ1n) is 6.38. The summed E-state index contributed by atoms with van der Waals surface area (Å²) in [5.74, 6) is -0.971. The molecule has 4 heteroatoms. The Balaban J connectivity index is 2.26. The summed E-state index contributed by atoms with van der Waals surface area (Å²) in [4.78, 5) is 12.9. The summed E-state index contributed by atoms with van der Waals surface area (Å²) < 4.78 is 0. The number of benzene rings is 1. The topological polar surface area (TPSA) is 40.5 Å². The maximum atomic E-state index is 10.5. The van der Waals surface area contributed by atoms with Gasteiger partial charge in [-0.3, -0.25) is 0 Å². The van der Waals surface area contributed by atoms with Crippen molar-refractivity contribution in [1.29, 1.82) is 0 Å². The van der Waals surface area contributed by atoms with Gasteiger partial charge in [0.25, 0.3) is 0 Å². The van der Waals surface area contributed by atoms with E-state index >= 15 is 0 Å². The molecule has 0 aliphatic carbocycles. The van der Waals surface area contributed by atoms with Crippen molar-refractivity contribution in [1.82, 2.24) is 0 Å². The summed E-state index contributed by atoms with van der Waals surface area (Å²) in [5.41, 5.74) is 1.98. The predicted molar refractivity (Wildman–Crippen MR) is 78.8 cm³/mol. The van der Waals surface area contributed by atoms with Crippen molar-refractivity contribution in [3.8, 4) is 0 Å². The van der Waals surface area contributed by atoms with E-state index in [2.05, 4.69) is 18.7 Å². The number of carboxylic acid groups (broad SMARTS) is 1. The molecular formula is C15H18ClNO2. The standard InChI is InChI=1S/C15H18ClNO2/c1-15(2)8-3-9-17(15)12-6-4-11(13(16)10-12)5-7-14(18)19/h4-7,10H,3,8-9H2,1-2H3,(H,18,19)/b7-5+. The highest BCUT2D eigenvalue weighted by molar-refractivity contribution is 6.32. The Morgan fingerprint density at radius 3 is 2.74 bits per heavy atom. The number of carboxylic acids is 1. The lowest BCUT2D eigenvalue weighted by atomic mass is 10.0. The van der Waals surface area contributed by atoms with Crippen LogP contribution in [0.5, 0.6) is 0 Å². The maximum absolute atomic E-state index is 10.5. The van der Waals surface area contributed by atoms with Gasteiger partial charge in [0, 0.05) is 28.9 Å². The molecule has 1 aromatic carbocycles. The zero-order valence-corrected chi connectivity index (χ0v) is 11.9. The molecule has 2 rings (SSSR count). The zero-order chi connectivity index (χ0) is 14.0. The van der Waals surface area contributed by atoms with E-state index in [1.54, 1.807) is 0 Å². The van der Waals surface area contributed by atoms with Crippen molar-refractivity contribution in [3.05, 3.63) is 34.9 Å². The molecule has 0 unspecified atom stereocenters. The van der Waals surface area contributed by atoms with Crippen LogP contribution in [-0.2, 0) is 4.79 Å². The molecule has 19 heavy (non-hydrogen) atoms. The van der Waals surface area contributed by atoms with Crippen LogP contribution in [0.4, 0.5) is 5.69 Å². The molecule has 1 aliphatic heterocycles. The summed E-state index contributed by atoms with van der Waals surface area (Å²) in [7, 11) is 0. The fraction of sp³-hybridized carbons (Fsp3) is 0.400. The van der Waals surface area contributed by atoms with Gasteiger partial charge < -0.3 is 10.0 Å². The molecule has 0 atom stereocenters. The van der Waals surface area contributed by atoms with Gasteiger partial charge in [0.2, 0.25) is 0 Å². The van der Waals surface area contributed by atoms with Crippen LogP contribution < -0.4 is 4.90 Å². The molecule has 1 heterocycles. The summed E-state index contributed by atoms with van der Waals surface area (Å²) in [6.07, 6.45) is 4.97. The van der Waals surface area contributed by atoms with Crippen molar-refractivity contribution < 1.29 is 9.90 Å². The van der Waals surface area contributed by atoms with E-state index in [1.807, 2.05) is 18.2 Å². The highest BCUT2D eigenvalue weighted by Crippen LogP contribution is 2.35. The van der Waals surface area contributed by atoms with Gasteiger partial charge in [-0.15, -0.1) is 0 Å². The molecule has 0 aromatic heterocycles. The first kappa shape index (κ1) is 13.9. The number of halogens is 1. The van der Waals surface area contributed by atoms with Gasteiger partial charge in [-0.25, -0.2) is 4.79 Å². The second-order valence-corrected chi connectivity index (χ2v) is 5.85. The Labute approximate surface area is 118 Å². The minimum absolute atomic E-state index is 0.155. The van der Waals surface area contributed by atoms with E-state index in [0.717, 1.165) is 23.9 Å². The van der Waals surface area contributed by atoms with Crippen LogP contribution in [0, 0.1) is 0 Å². The molecule has 102 valence electrons. The smallest absolute Gasteiger partial charge is 0.328 e. The molecule has 1 aromatic rings. The lowest BCUT2D eigenvalue weighted by molar-refractivity contribution is -0.131. The van der Waals surface area contributed by atoms with E-state index in [4.69, 9.17) is 16.7 Å². The molecule has 0 spiro atoms. The van der Waals surface area contributed by atoms with Crippen LogP contribution in [0.25, 0.3) is 6.08 Å². The fourth-order valence-corrected chi connectivity index (χ4v) is 2.80. The number of hydrogen-bond donors (Lipinski definition) is 1. The molecule has 0 saturated carbocycles.